The lowest BCUT2D eigenvalue weighted by molar-refractivity contribution is 1.22. The minimum absolute atomic E-state index is 0.321. The van der Waals surface area contributed by atoms with Gasteiger partial charge in [0.2, 0.25) is 0 Å². The molecule has 1 heterocycles. The molecule has 0 aliphatic carbocycles. The van der Waals surface area contributed by atoms with Crippen LogP contribution in [0.3, 0.4) is 0 Å². The summed E-state index contributed by atoms with van der Waals surface area (Å²) in [7, 11) is 0. The first-order valence-corrected chi connectivity index (χ1v) is 6.12. The number of para-hydroxylation sites is 1. The lowest BCUT2D eigenvalue weighted by Gasteiger charge is -2.08. The van der Waals surface area contributed by atoms with E-state index in [0.29, 0.717) is 6.42 Å². The Kier molecular flexibility index (Phi) is 2.96. The standard InChI is InChI=1S/C17H11N2/c18-11-10-15-12-14-8-4-5-9-16(14)19-17(15)13-6-2-1-3-7-13/h1-9H,10H2. The number of aromatic nitrogens is 1. The highest BCUT2D eigenvalue weighted by atomic mass is 14.7. The van der Waals surface area contributed by atoms with Crippen molar-refractivity contribution in [3.05, 3.63) is 66.2 Å². The van der Waals surface area contributed by atoms with E-state index >= 15 is 0 Å². The summed E-state index contributed by atoms with van der Waals surface area (Å²) < 4.78 is 0. The molecule has 89 valence electrons. The fourth-order valence-electron chi connectivity index (χ4n) is 2.13. The number of nitrogens with zero attached hydrogens (tertiary/aromatic N) is 2. The smallest absolute Gasteiger partial charge is 0.0758 e. The molecular formula is C17H11N2. The molecule has 1 radical (unpaired) electrons. The second-order valence-corrected chi connectivity index (χ2v) is 4.28. The van der Waals surface area contributed by atoms with Crippen LogP contribution in [0.2, 0.25) is 0 Å². The van der Waals surface area contributed by atoms with Crippen molar-refractivity contribution < 1.29 is 0 Å². The summed E-state index contributed by atoms with van der Waals surface area (Å²) in [6, 6.07) is 23.3. The summed E-state index contributed by atoms with van der Waals surface area (Å²) in [6.45, 7) is 0. The second-order valence-electron chi connectivity index (χ2n) is 4.28. The van der Waals surface area contributed by atoms with Gasteiger partial charge in [0.25, 0.3) is 0 Å². The van der Waals surface area contributed by atoms with E-state index in [1.54, 1.807) is 0 Å². The van der Waals surface area contributed by atoms with Crippen LogP contribution in [0.1, 0.15) is 5.56 Å². The average Bonchev–Trinajstić information content (AvgIpc) is 2.48. The lowest BCUT2D eigenvalue weighted by atomic mass is 10.0. The molecule has 0 spiro atoms. The molecule has 3 rings (SSSR count). The molecule has 0 atom stereocenters. The van der Waals surface area contributed by atoms with Gasteiger partial charge >= 0.3 is 0 Å². The number of pyridine rings is 1. The van der Waals surface area contributed by atoms with Gasteiger partial charge in [0.15, 0.2) is 0 Å². The number of hydrogen-bond donors (Lipinski definition) is 0. The Balaban J connectivity index is 2.27. The molecule has 0 saturated heterocycles. The fraction of sp³-hybridized carbons (Fsp3) is 0.0588. The first-order valence-electron chi connectivity index (χ1n) is 6.12. The summed E-state index contributed by atoms with van der Waals surface area (Å²) >= 11 is 0. The van der Waals surface area contributed by atoms with Crippen molar-refractivity contribution in [1.82, 2.24) is 4.98 Å². The van der Waals surface area contributed by atoms with Gasteiger partial charge in [-0.2, -0.15) is 5.26 Å². The maximum atomic E-state index is 8.97. The fourth-order valence-corrected chi connectivity index (χ4v) is 2.13. The van der Waals surface area contributed by atoms with Crippen molar-refractivity contribution in [1.29, 1.82) is 5.26 Å². The van der Waals surface area contributed by atoms with Gasteiger partial charge in [-0.15, -0.1) is 0 Å². The topological polar surface area (TPSA) is 36.7 Å². The first kappa shape index (κ1) is 11.4. The number of benzene rings is 2. The maximum Gasteiger partial charge on any atom is 0.0758 e. The molecule has 19 heavy (non-hydrogen) atoms. The van der Waals surface area contributed by atoms with Crippen molar-refractivity contribution in [2.24, 2.45) is 0 Å². The molecule has 2 nitrogen and oxygen atoms in total. The normalized spacial score (nSPS) is 10.3. The predicted octanol–water partition coefficient (Wildman–Crippen LogP) is 3.77. The Morgan fingerprint density at radius 1 is 1.00 bits per heavy atom. The minimum atomic E-state index is 0.321. The molecule has 0 amide bonds. The van der Waals surface area contributed by atoms with E-state index in [2.05, 4.69) is 17.1 Å². The van der Waals surface area contributed by atoms with Gasteiger partial charge in [0.05, 0.1) is 23.7 Å². The third-order valence-corrected chi connectivity index (χ3v) is 3.01. The molecule has 2 heteroatoms. The minimum Gasteiger partial charge on any atom is -0.247 e. The molecule has 0 fully saturated rings. The highest BCUT2D eigenvalue weighted by Crippen LogP contribution is 2.25. The summed E-state index contributed by atoms with van der Waals surface area (Å²) in [6.07, 6.45) is 0.321. The maximum absolute atomic E-state index is 8.97. The highest BCUT2D eigenvalue weighted by molar-refractivity contribution is 5.82. The Morgan fingerprint density at radius 2 is 1.74 bits per heavy atom. The van der Waals surface area contributed by atoms with Crippen LogP contribution in [0.5, 0.6) is 0 Å². The molecule has 0 saturated carbocycles. The van der Waals surface area contributed by atoms with Crippen molar-refractivity contribution in [3.63, 3.8) is 0 Å². The zero-order valence-electron chi connectivity index (χ0n) is 10.3. The van der Waals surface area contributed by atoms with E-state index < -0.39 is 0 Å². The zero-order chi connectivity index (χ0) is 13.1. The number of rotatable bonds is 2. The summed E-state index contributed by atoms with van der Waals surface area (Å²) in [5.74, 6) is 0. The van der Waals surface area contributed by atoms with E-state index in [9.17, 15) is 0 Å². The summed E-state index contributed by atoms with van der Waals surface area (Å²) in [5.41, 5.74) is 3.63. The van der Waals surface area contributed by atoms with E-state index in [-0.39, 0.29) is 0 Å². The predicted molar refractivity (Wildman–Crippen MR) is 75.3 cm³/mol. The van der Waals surface area contributed by atoms with Crippen LogP contribution in [0.4, 0.5) is 0 Å². The van der Waals surface area contributed by atoms with Gasteiger partial charge in [0, 0.05) is 16.5 Å². The van der Waals surface area contributed by atoms with Crippen molar-refractivity contribution >= 4 is 10.9 Å². The highest BCUT2D eigenvalue weighted by Gasteiger charge is 2.09. The molecule has 0 N–H and O–H groups in total. The van der Waals surface area contributed by atoms with Crippen LogP contribution < -0.4 is 0 Å². The first-order chi connectivity index (χ1) is 9.38. The second kappa shape index (κ2) is 4.91. The van der Waals surface area contributed by atoms with Crippen LogP contribution in [0, 0.1) is 17.4 Å². The monoisotopic (exact) mass is 243 g/mol. The molecule has 1 aromatic heterocycles. The van der Waals surface area contributed by atoms with Gasteiger partial charge in [0.1, 0.15) is 0 Å². The van der Waals surface area contributed by atoms with Crippen molar-refractivity contribution in [2.45, 2.75) is 6.42 Å². The SMILES string of the molecule is N#CCc1[c]c2ccccc2nc1-c1ccccc1. The van der Waals surface area contributed by atoms with Gasteiger partial charge in [-0.3, -0.25) is 0 Å². The Labute approximate surface area is 112 Å². The van der Waals surface area contributed by atoms with E-state index in [4.69, 9.17) is 5.26 Å². The van der Waals surface area contributed by atoms with Gasteiger partial charge in [-0.05, 0) is 12.1 Å². The summed E-state index contributed by atoms with van der Waals surface area (Å²) in [5, 5.41) is 9.92. The largest absolute Gasteiger partial charge is 0.247 e. The Bertz CT molecular complexity index is 755. The van der Waals surface area contributed by atoms with Crippen LogP contribution in [-0.2, 0) is 6.42 Å². The van der Waals surface area contributed by atoms with E-state index in [1.165, 1.54) is 0 Å². The molecular weight excluding hydrogens is 232 g/mol. The van der Waals surface area contributed by atoms with Crippen LogP contribution in [0.25, 0.3) is 22.2 Å². The van der Waals surface area contributed by atoms with Crippen LogP contribution in [-0.4, -0.2) is 4.98 Å². The van der Waals surface area contributed by atoms with E-state index in [1.807, 2.05) is 54.6 Å². The molecule has 0 aliphatic heterocycles. The molecule has 3 aromatic rings. The number of fused-ring (bicyclic) bond motifs is 1. The van der Waals surface area contributed by atoms with Gasteiger partial charge in [-0.25, -0.2) is 4.98 Å². The average molecular weight is 243 g/mol. The van der Waals surface area contributed by atoms with Crippen molar-refractivity contribution in [2.75, 3.05) is 0 Å². The van der Waals surface area contributed by atoms with Gasteiger partial charge in [-0.1, -0.05) is 48.5 Å². The van der Waals surface area contributed by atoms with Crippen molar-refractivity contribution in [3.8, 4) is 17.3 Å². The molecule has 0 bridgehead atoms. The quantitative estimate of drug-likeness (QED) is 0.687. The third kappa shape index (κ3) is 2.19. The van der Waals surface area contributed by atoms with Crippen LogP contribution >= 0.6 is 0 Å². The third-order valence-electron chi connectivity index (χ3n) is 3.01. The lowest BCUT2D eigenvalue weighted by Crippen LogP contribution is -1.94. The molecule has 2 aromatic carbocycles. The van der Waals surface area contributed by atoms with E-state index in [0.717, 1.165) is 27.7 Å². The Hall–Kier alpha value is -2.66. The molecule has 0 aliphatic rings. The Morgan fingerprint density at radius 3 is 2.53 bits per heavy atom. The molecule has 0 unspecified atom stereocenters. The number of nitriles is 1. The zero-order valence-corrected chi connectivity index (χ0v) is 10.3. The van der Waals surface area contributed by atoms with Gasteiger partial charge < -0.3 is 0 Å². The summed E-state index contributed by atoms with van der Waals surface area (Å²) in [4.78, 5) is 4.68. The van der Waals surface area contributed by atoms with Crippen LogP contribution in [0.15, 0.2) is 54.6 Å². The number of hydrogen-bond acceptors (Lipinski definition) is 2.